The Balaban J connectivity index is 1.72. The number of allylic oxidation sites excluding steroid dienone is 1. The van der Waals surface area contributed by atoms with Crippen molar-refractivity contribution in [3.63, 3.8) is 0 Å². The van der Waals surface area contributed by atoms with Crippen LogP contribution in [0.25, 0.3) is 0 Å². The molecule has 1 aliphatic heterocycles. The van der Waals surface area contributed by atoms with Crippen molar-refractivity contribution in [2.75, 3.05) is 17.7 Å². The van der Waals surface area contributed by atoms with Crippen molar-refractivity contribution < 1.29 is 14.6 Å². The van der Waals surface area contributed by atoms with Gasteiger partial charge in [0, 0.05) is 11.4 Å². The van der Waals surface area contributed by atoms with Gasteiger partial charge in [-0.15, -0.1) is 0 Å². The van der Waals surface area contributed by atoms with Crippen LogP contribution >= 0.6 is 0 Å². The first-order chi connectivity index (χ1) is 13.6. The second-order valence-electron chi connectivity index (χ2n) is 6.37. The molecule has 1 aromatic heterocycles. The molecule has 0 saturated carbocycles. The summed E-state index contributed by atoms with van der Waals surface area (Å²) in [5.41, 5.74) is 2.52. The van der Waals surface area contributed by atoms with E-state index in [1.54, 1.807) is 54.3 Å². The molecule has 1 amide bonds. The average Bonchev–Trinajstić information content (AvgIpc) is 3.15. The van der Waals surface area contributed by atoms with Crippen LogP contribution in [0.2, 0.25) is 0 Å². The van der Waals surface area contributed by atoms with E-state index >= 15 is 0 Å². The summed E-state index contributed by atoms with van der Waals surface area (Å²) in [6, 6.07) is 13.4. The number of phenolic OH excluding ortho intramolecular Hbond substituents is 1. The summed E-state index contributed by atoms with van der Waals surface area (Å²) >= 11 is 0. The Bertz CT molecular complexity index is 1060. The number of ether oxygens (including phenoxy) is 1. The highest BCUT2D eigenvalue weighted by atomic mass is 16.5. The number of hydrogen-bond donors (Lipinski definition) is 3. The third kappa shape index (κ3) is 3.16. The highest BCUT2D eigenvalue weighted by Gasteiger charge is 2.33. The van der Waals surface area contributed by atoms with Crippen LogP contribution < -0.4 is 15.4 Å². The number of benzene rings is 2. The standard InChI is InChI=1S/C20H19N5O3/c1-12-17(19(27)24-14-6-8-16(28-2)9-7-14)18(13-4-3-5-15(26)10-13)25-20(23-12)21-11-22-25/h3-11,18,26H,1-2H3,(H,24,27)(H,21,22,23)/t18-/m1/s1. The summed E-state index contributed by atoms with van der Waals surface area (Å²) in [5, 5.41) is 20.2. The molecule has 0 bridgehead atoms. The third-order valence-electron chi connectivity index (χ3n) is 4.57. The van der Waals surface area contributed by atoms with Crippen LogP contribution in [0.3, 0.4) is 0 Å². The summed E-state index contributed by atoms with van der Waals surface area (Å²) in [4.78, 5) is 17.4. The van der Waals surface area contributed by atoms with Gasteiger partial charge in [0.05, 0.1) is 12.7 Å². The van der Waals surface area contributed by atoms with Gasteiger partial charge in [0.1, 0.15) is 23.9 Å². The van der Waals surface area contributed by atoms with E-state index in [1.165, 1.54) is 6.33 Å². The fourth-order valence-electron chi connectivity index (χ4n) is 3.26. The molecule has 0 fully saturated rings. The van der Waals surface area contributed by atoms with Crippen molar-refractivity contribution >= 4 is 17.5 Å². The number of hydrogen-bond acceptors (Lipinski definition) is 6. The zero-order valence-corrected chi connectivity index (χ0v) is 15.4. The van der Waals surface area contributed by atoms with E-state index in [0.717, 1.165) is 5.56 Å². The topological polar surface area (TPSA) is 101 Å². The minimum absolute atomic E-state index is 0.116. The van der Waals surface area contributed by atoms with Gasteiger partial charge >= 0.3 is 0 Å². The van der Waals surface area contributed by atoms with Gasteiger partial charge in [-0.2, -0.15) is 10.1 Å². The number of amides is 1. The highest BCUT2D eigenvalue weighted by molar-refractivity contribution is 6.06. The van der Waals surface area contributed by atoms with Gasteiger partial charge in [0.15, 0.2) is 0 Å². The average molecular weight is 377 g/mol. The number of nitrogens with one attached hydrogen (secondary N) is 2. The lowest BCUT2D eigenvalue weighted by Crippen LogP contribution is -2.31. The number of anilines is 2. The molecule has 8 nitrogen and oxygen atoms in total. The van der Waals surface area contributed by atoms with Crippen molar-refractivity contribution in [2.24, 2.45) is 0 Å². The lowest BCUT2D eigenvalue weighted by Gasteiger charge is -2.28. The molecule has 3 N–H and O–H groups in total. The maximum Gasteiger partial charge on any atom is 0.255 e. The minimum Gasteiger partial charge on any atom is -0.508 e. The zero-order valence-electron chi connectivity index (χ0n) is 15.4. The van der Waals surface area contributed by atoms with Gasteiger partial charge in [0.25, 0.3) is 5.91 Å². The molecule has 0 aliphatic carbocycles. The van der Waals surface area contributed by atoms with E-state index in [1.807, 2.05) is 13.0 Å². The number of nitrogens with zero attached hydrogens (tertiary/aromatic N) is 3. The predicted molar refractivity (Wildman–Crippen MR) is 104 cm³/mol. The van der Waals surface area contributed by atoms with Gasteiger partial charge in [-0.05, 0) is 48.9 Å². The lowest BCUT2D eigenvalue weighted by molar-refractivity contribution is -0.113. The number of aromatic hydroxyl groups is 1. The molecular formula is C20H19N5O3. The first-order valence-electron chi connectivity index (χ1n) is 8.68. The molecule has 1 atom stereocenters. The van der Waals surface area contributed by atoms with Crippen molar-refractivity contribution in [1.29, 1.82) is 0 Å². The second-order valence-corrected chi connectivity index (χ2v) is 6.37. The van der Waals surface area contributed by atoms with Crippen molar-refractivity contribution in [1.82, 2.24) is 14.8 Å². The van der Waals surface area contributed by atoms with Gasteiger partial charge in [-0.3, -0.25) is 4.79 Å². The Hall–Kier alpha value is -3.81. The maximum absolute atomic E-state index is 13.2. The number of methoxy groups -OCH3 is 1. The molecule has 0 unspecified atom stereocenters. The molecule has 28 heavy (non-hydrogen) atoms. The summed E-state index contributed by atoms with van der Waals surface area (Å²) in [7, 11) is 1.59. The fraction of sp³-hybridized carbons (Fsp3) is 0.150. The van der Waals surface area contributed by atoms with E-state index in [9.17, 15) is 9.90 Å². The zero-order chi connectivity index (χ0) is 19.7. The number of phenols is 1. The first-order valence-corrected chi connectivity index (χ1v) is 8.68. The van der Waals surface area contributed by atoms with Gasteiger partial charge in [-0.1, -0.05) is 12.1 Å². The maximum atomic E-state index is 13.2. The molecule has 2 heterocycles. The molecule has 8 heteroatoms. The van der Waals surface area contributed by atoms with Crippen LogP contribution in [0.1, 0.15) is 18.5 Å². The number of fused-ring (bicyclic) bond motifs is 1. The molecular weight excluding hydrogens is 358 g/mol. The fourth-order valence-corrected chi connectivity index (χ4v) is 3.26. The molecule has 3 aromatic rings. The second kappa shape index (κ2) is 7.07. The smallest absolute Gasteiger partial charge is 0.255 e. The quantitative estimate of drug-likeness (QED) is 0.646. The van der Waals surface area contributed by atoms with Crippen LogP contribution in [0, 0.1) is 0 Å². The Labute approximate surface area is 161 Å². The first kappa shape index (κ1) is 17.6. The van der Waals surface area contributed by atoms with E-state index in [0.29, 0.717) is 28.7 Å². The number of carbonyl (C=O) groups is 1. The number of aromatic nitrogens is 3. The van der Waals surface area contributed by atoms with Crippen LogP contribution in [0.15, 0.2) is 66.1 Å². The molecule has 0 radical (unpaired) electrons. The molecule has 1 aliphatic rings. The van der Waals surface area contributed by atoms with Crippen LogP contribution in [-0.4, -0.2) is 32.9 Å². The molecule has 0 spiro atoms. The van der Waals surface area contributed by atoms with Crippen LogP contribution in [0.4, 0.5) is 11.6 Å². The lowest BCUT2D eigenvalue weighted by atomic mass is 9.95. The molecule has 2 aromatic carbocycles. The van der Waals surface area contributed by atoms with E-state index in [-0.39, 0.29) is 11.7 Å². The third-order valence-corrected chi connectivity index (χ3v) is 4.57. The molecule has 0 saturated heterocycles. The minimum atomic E-state index is -0.524. The summed E-state index contributed by atoms with van der Waals surface area (Å²) in [6.45, 7) is 1.82. The van der Waals surface area contributed by atoms with E-state index in [2.05, 4.69) is 20.7 Å². The normalized spacial score (nSPS) is 15.6. The van der Waals surface area contributed by atoms with E-state index in [4.69, 9.17) is 4.74 Å². The summed E-state index contributed by atoms with van der Waals surface area (Å²) < 4.78 is 6.78. The Morgan fingerprint density at radius 2 is 2.04 bits per heavy atom. The Morgan fingerprint density at radius 3 is 2.75 bits per heavy atom. The number of rotatable bonds is 4. The summed E-state index contributed by atoms with van der Waals surface area (Å²) in [5.74, 6) is 1.08. The number of carbonyl (C=O) groups excluding carboxylic acids is 1. The largest absolute Gasteiger partial charge is 0.508 e. The summed E-state index contributed by atoms with van der Waals surface area (Å²) in [6.07, 6.45) is 1.43. The SMILES string of the molecule is COc1ccc(NC(=O)C2=C(C)Nc3ncnn3[C@@H]2c2cccc(O)c2)cc1. The van der Waals surface area contributed by atoms with Crippen molar-refractivity contribution in [2.45, 2.75) is 13.0 Å². The monoisotopic (exact) mass is 377 g/mol. The highest BCUT2D eigenvalue weighted by Crippen LogP contribution is 2.36. The van der Waals surface area contributed by atoms with Gasteiger partial charge in [-0.25, -0.2) is 4.68 Å². The van der Waals surface area contributed by atoms with Crippen molar-refractivity contribution in [3.8, 4) is 11.5 Å². The molecule has 4 rings (SSSR count). The predicted octanol–water partition coefficient (Wildman–Crippen LogP) is 2.92. The van der Waals surface area contributed by atoms with Gasteiger partial charge < -0.3 is 20.5 Å². The van der Waals surface area contributed by atoms with Crippen molar-refractivity contribution in [3.05, 3.63) is 71.7 Å². The molecule has 142 valence electrons. The van der Waals surface area contributed by atoms with Crippen LogP contribution in [0.5, 0.6) is 11.5 Å². The Kier molecular flexibility index (Phi) is 4.44. The van der Waals surface area contributed by atoms with Crippen LogP contribution in [-0.2, 0) is 4.79 Å². The van der Waals surface area contributed by atoms with E-state index < -0.39 is 6.04 Å². The van der Waals surface area contributed by atoms with Gasteiger partial charge in [0.2, 0.25) is 5.95 Å². The Morgan fingerprint density at radius 1 is 1.25 bits per heavy atom.